The van der Waals surface area contributed by atoms with Crippen LogP contribution in [0.25, 0.3) is 21.5 Å². The summed E-state index contributed by atoms with van der Waals surface area (Å²) in [5.41, 5.74) is 10.2. The van der Waals surface area contributed by atoms with Crippen molar-refractivity contribution < 1.29 is 9.29 Å². The number of nitrogens with two attached hydrogens (primary N) is 1. The number of nitrogens with zero attached hydrogens (tertiary/aromatic N) is 3. The fourth-order valence-electron chi connectivity index (χ4n) is 3.14. The lowest BCUT2D eigenvalue weighted by Gasteiger charge is -2.09. The van der Waals surface area contributed by atoms with E-state index in [9.17, 15) is 4.55 Å². The van der Waals surface area contributed by atoms with Gasteiger partial charge < -0.3 is 15.0 Å². The van der Waals surface area contributed by atoms with Crippen LogP contribution in [-0.4, -0.2) is 38.8 Å². The lowest BCUT2D eigenvalue weighted by Crippen LogP contribution is -2.09. The van der Waals surface area contributed by atoms with Gasteiger partial charge >= 0.3 is 0 Å². The highest BCUT2D eigenvalue weighted by Crippen LogP contribution is 2.48. The summed E-state index contributed by atoms with van der Waals surface area (Å²) in [6.45, 7) is 0.604. The lowest BCUT2D eigenvalue weighted by atomic mass is 10.0. The molecular weight excluding hydrogens is 368 g/mol. The molecule has 0 spiro atoms. The molecule has 0 saturated heterocycles. The van der Waals surface area contributed by atoms with Crippen molar-refractivity contribution in [3.8, 4) is 11.3 Å². The highest BCUT2D eigenvalue weighted by atomic mass is 32.2. The van der Waals surface area contributed by atoms with Crippen molar-refractivity contribution in [1.29, 1.82) is 0 Å². The molecule has 26 heavy (non-hydrogen) atoms. The molecule has 0 bridgehead atoms. The highest BCUT2D eigenvalue weighted by Gasteiger charge is 2.31. The largest absolute Gasteiger partial charge is 0.611 e. The van der Waals surface area contributed by atoms with Crippen molar-refractivity contribution in [1.82, 2.24) is 14.8 Å². The van der Waals surface area contributed by atoms with E-state index in [1.54, 1.807) is 11.8 Å². The zero-order valence-corrected chi connectivity index (χ0v) is 16.5. The molecule has 1 aliphatic carbocycles. The molecular formula is C18H22N4O2S2. The Morgan fingerprint density at radius 1 is 1.46 bits per heavy atom. The Labute approximate surface area is 159 Å². The van der Waals surface area contributed by atoms with Crippen molar-refractivity contribution in [2.24, 2.45) is 7.05 Å². The summed E-state index contributed by atoms with van der Waals surface area (Å²) >= 11 is 0.341. The van der Waals surface area contributed by atoms with Crippen LogP contribution >= 0.6 is 11.3 Å². The first-order valence-electron chi connectivity index (χ1n) is 8.67. The van der Waals surface area contributed by atoms with Gasteiger partial charge in [-0.3, -0.25) is 4.68 Å². The molecule has 138 valence electrons. The van der Waals surface area contributed by atoms with E-state index in [2.05, 4.69) is 11.2 Å². The first kappa shape index (κ1) is 17.8. The summed E-state index contributed by atoms with van der Waals surface area (Å²) in [6, 6.07) is 2.14. The average molecular weight is 391 g/mol. The van der Waals surface area contributed by atoms with Gasteiger partial charge in [-0.1, -0.05) is 11.3 Å². The van der Waals surface area contributed by atoms with Crippen LogP contribution in [0, 0.1) is 0 Å². The van der Waals surface area contributed by atoms with Crippen LogP contribution in [0.5, 0.6) is 0 Å². The van der Waals surface area contributed by atoms with Crippen LogP contribution in [0.2, 0.25) is 0 Å². The Morgan fingerprint density at radius 3 is 2.92 bits per heavy atom. The van der Waals surface area contributed by atoms with E-state index in [0.717, 1.165) is 32.1 Å². The number of aryl methyl sites for hydroxylation is 1. The summed E-state index contributed by atoms with van der Waals surface area (Å²) in [5, 5.41) is 5.25. The van der Waals surface area contributed by atoms with Crippen LogP contribution in [0.3, 0.4) is 0 Å². The number of fused-ring (bicyclic) bond motifs is 1. The van der Waals surface area contributed by atoms with Gasteiger partial charge in [0.05, 0.1) is 18.5 Å². The van der Waals surface area contributed by atoms with E-state index in [4.69, 9.17) is 15.5 Å². The average Bonchev–Trinajstić information content (AvgIpc) is 3.30. The molecule has 1 fully saturated rings. The third-order valence-corrected chi connectivity index (χ3v) is 7.59. The van der Waals surface area contributed by atoms with E-state index >= 15 is 0 Å². The Kier molecular flexibility index (Phi) is 4.92. The van der Waals surface area contributed by atoms with E-state index in [-0.39, 0.29) is 0 Å². The summed E-state index contributed by atoms with van der Waals surface area (Å²) in [4.78, 5) is 5.69. The van der Waals surface area contributed by atoms with Crippen LogP contribution in [-0.2, 0) is 23.0 Å². The minimum atomic E-state index is -1.12. The molecule has 2 N–H and O–H groups in total. The fraction of sp³-hybridized carbons (Fsp3) is 0.444. The van der Waals surface area contributed by atoms with E-state index < -0.39 is 11.2 Å². The second kappa shape index (κ2) is 7.19. The molecule has 0 aliphatic heterocycles. The molecule has 8 heteroatoms. The number of hydrogen-bond acceptors (Lipinski definition) is 6. The maximum Gasteiger partial charge on any atom is 0.232 e. The molecule has 1 atom stereocenters. The number of anilines is 1. The van der Waals surface area contributed by atoms with Crippen LogP contribution in [0.1, 0.15) is 30.7 Å². The van der Waals surface area contributed by atoms with Gasteiger partial charge in [0, 0.05) is 37.7 Å². The third-order valence-electron chi connectivity index (χ3n) is 4.60. The Hall–Kier alpha value is -1.61. The maximum absolute atomic E-state index is 12.7. The smallest absolute Gasteiger partial charge is 0.232 e. The molecule has 3 aromatic rings. The number of hydrogen-bond donors (Lipinski definition) is 1. The van der Waals surface area contributed by atoms with Gasteiger partial charge in [-0.05, 0) is 41.6 Å². The second-order valence-electron chi connectivity index (χ2n) is 6.65. The topological polar surface area (TPSA) is 89.0 Å². The fourth-order valence-corrected chi connectivity index (χ4v) is 5.78. The minimum Gasteiger partial charge on any atom is -0.611 e. The van der Waals surface area contributed by atoms with Crippen molar-refractivity contribution in [2.75, 3.05) is 25.2 Å². The summed E-state index contributed by atoms with van der Waals surface area (Å²) in [6.07, 6.45) is 6.89. The van der Waals surface area contributed by atoms with Crippen molar-refractivity contribution >= 4 is 38.4 Å². The standard InChI is InChI=1S/C18H22N4O2S2/c1-22-10-12(9-20-22)14-8-13(11-4-5-11)15-16(19)18(25-17(15)21-14)26(23)7-3-6-24-2/h8-11H,3-7,19H2,1-2H3. The third kappa shape index (κ3) is 3.34. The number of rotatable bonds is 7. The molecule has 0 amide bonds. The monoisotopic (exact) mass is 390 g/mol. The normalized spacial score (nSPS) is 15.7. The zero-order chi connectivity index (χ0) is 18.3. The van der Waals surface area contributed by atoms with Gasteiger partial charge in [-0.2, -0.15) is 5.10 Å². The van der Waals surface area contributed by atoms with Crippen molar-refractivity contribution in [3.63, 3.8) is 0 Å². The SMILES string of the molecule is COCCC[S+]([O-])c1sc2nc(-c3cnn(C)c3)cc(C3CC3)c2c1N. The van der Waals surface area contributed by atoms with Gasteiger partial charge in [0.15, 0.2) is 0 Å². The van der Waals surface area contributed by atoms with Crippen molar-refractivity contribution in [3.05, 3.63) is 24.0 Å². The minimum absolute atomic E-state index is 0.530. The lowest BCUT2D eigenvalue weighted by molar-refractivity contribution is 0.199. The molecule has 1 unspecified atom stereocenters. The van der Waals surface area contributed by atoms with Gasteiger partial charge in [0.25, 0.3) is 0 Å². The summed E-state index contributed by atoms with van der Waals surface area (Å²) in [7, 11) is 3.55. The predicted molar refractivity (Wildman–Crippen MR) is 106 cm³/mol. The van der Waals surface area contributed by atoms with Gasteiger partial charge in [-0.25, -0.2) is 4.98 Å². The Bertz CT molecular complexity index is 933. The molecule has 6 nitrogen and oxygen atoms in total. The summed E-state index contributed by atoms with van der Waals surface area (Å²) < 4.78 is 20.3. The van der Waals surface area contributed by atoms with E-state index in [1.165, 1.54) is 29.7 Å². The van der Waals surface area contributed by atoms with Crippen molar-refractivity contribution in [2.45, 2.75) is 29.4 Å². The maximum atomic E-state index is 12.7. The van der Waals surface area contributed by atoms with Crippen LogP contribution in [0.4, 0.5) is 5.69 Å². The van der Waals surface area contributed by atoms with Gasteiger partial charge in [-0.15, -0.1) is 0 Å². The Balaban J connectivity index is 1.77. The molecule has 1 saturated carbocycles. The first-order valence-corrected chi connectivity index (χ1v) is 10.8. The van der Waals surface area contributed by atoms with Gasteiger partial charge in [0.2, 0.25) is 4.21 Å². The number of nitrogen functional groups attached to an aromatic ring is 1. The van der Waals surface area contributed by atoms with Gasteiger partial charge in [0.1, 0.15) is 16.3 Å². The number of methoxy groups -OCH3 is 1. The number of pyridine rings is 1. The van der Waals surface area contributed by atoms with Crippen LogP contribution < -0.4 is 5.73 Å². The molecule has 1 aliphatic rings. The predicted octanol–water partition coefficient (Wildman–Crippen LogP) is 3.30. The highest BCUT2D eigenvalue weighted by molar-refractivity contribution is 7.93. The van der Waals surface area contributed by atoms with Crippen LogP contribution in [0.15, 0.2) is 22.7 Å². The quantitative estimate of drug-likeness (QED) is 0.494. The molecule has 3 heterocycles. The number of ether oxygens (including phenoxy) is 1. The van der Waals surface area contributed by atoms with E-state index in [1.807, 2.05) is 19.4 Å². The number of aromatic nitrogens is 3. The zero-order valence-electron chi connectivity index (χ0n) is 14.9. The van der Waals surface area contributed by atoms with E-state index in [0.29, 0.717) is 24.0 Å². The molecule has 3 aromatic heterocycles. The first-order chi connectivity index (χ1) is 12.6. The number of thiophene rings is 1. The molecule has 4 rings (SSSR count). The summed E-state index contributed by atoms with van der Waals surface area (Å²) in [5.74, 6) is 1.08. The Morgan fingerprint density at radius 2 is 2.27 bits per heavy atom. The molecule has 0 aromatic carbocycles. The molecule has 0 radical (unpaired) electrons. The second-order valence-corrected chi connectivity index (χ2v) is 9.42.